The Morgan fingerprint density at radius 1 is 0.879 bits per heavy atom. The van der Waals surface area contributed by atoms with Crippen LogP contribution in [0.5, 0.6) is 0 Å². The molecule has 3 nitrogen and oxygen atoms in total. The molecule has 0 heterocycles. The predicted octanol–water partition coefficient (Wildman–Crippen LogP) is 7.09. The Morgan fingerprint density at radius 3 is 2.18 bits per heavy atom. The minimum absolute atomic E-state index is 0.0128. The first-order valence-electron chi connectivity index (χ1n) is 13.8. The normalized spacial score (nSPS) is 55.3. The summed E-state index contributed by atoms with van der Waals surface area (Å²) in [7, 11) is 0. The Balaban J connectivity index is 1.55. The fourth-order valence-corrected chi connectivity index (χ4v) is 10.8. The van der Waals surface area contributed by atoms with E-state index >= 15 is 0 Å². The van der Waals surface area contributed by atoms with Crippen molar-refractivity contribution in [3.63, 3.8) is 0 Å². The molecule has 186 valence electrons. The lowest BCUT2D eigenvalue weighted by Gasteiger charge is -2.69. The number of carbonyl (C=O) groups is 1. The van der Waals surface area contributed by atoms with Crippen LogP contribution in [0.1, 0.15) is 106 Å². The first kappa shape index (κ1) is 23.9. The molecule has 5 aliphatic rings. The van der Waals surface area contributed by atoms with Gasteiger partial charge in [0.15, 0.2) is 0 Å². The number of rotatable bonds is 1. The van der Waals surface area contributed by atoms with Crippen LogP contribution in [0.15, 0.2) is 11.6 Å². The van der Waals surface area contributed by atoms with Gasteiger partial charge in [0, 0.05) is 0 Å². The van der Waals surface area contributed by atoms with Crippen molar-refractivity contribution in [1.29, 1.82) is 0 Å². The van der Waals surface area contributed by atoms with E-state index in [9.17, 15) is 15.0 Å². The smallest absolute Gasteiger partial charge is 0.309 e. The highest BCUT2D eigenvalue weighted by molar-refractivity contribution is 5.74. The molecule has 0 aromatic carbocycles. The lowest BCUT2D eigenvalue weighted by Crippen LogP contribution is -2.63. The largest absolute Gasteiger partial charge is 0.481 e. The molecule has 0 spiro atoms. The molecule has 4 saturated carbocycles. The summed E-state index contributed by atoms with van der Waals surface area (Å²) in [6, 6.07) is 0. The maximum atomic E-state index is 12.2. The summed E-state index contributed by atoms with van der Waals surface area (Å²) in [6.45, 7) is 16.7. The van der Waals surface area contributed by atoms with Crippen LogP contribution >= 0.6 is 0 Å². The van der Waals surface area contributed by atoms with E-state index in [4.69, 9.17) is 0 Å². The van der Waals surface area contributed by atoms with Gasteiger partial charge < -0.3 is 10.2 Å². The molecule has 0 aromatic rings. The molecular formula is C30H48O3. The summed E-state index contributed by atoms with van der Waals surface area (Å²) in [4.78, 5) is 12.2. The third-order valence-electron chi connectivity index (χ3n) is 12.9. The first-order chi connectivity index (χ1) is 15.2. The highest BCUT2D eigenvalue weighted by Crippen LogP contribution is 2.74. The summed E-state index contributed by atoms with van der Waals surface area (Å²) in [5.74, 6) is 2.30. The monoisotopic (exact) mass is 456 g/mol. The first-order valence-corrected chi connectivity index (χ1v) is 13.8. The number of aliphatic carboxylic acids is 1. The maximum absolute atomic E-state index is 12.2. The third-order valence-corrected chi connectivity index (χ3v) is 12.9. The van der Waals surface area contributed by atoms with E-state index in [1.807, 2.05) is 6.92 Å². The zero-order valence-electron chi connectivity index (χ0n) is 22.2. The quantitative estimate of drug-likeness (QED) is 0.414. The van der Waals surface area contributed by atoms with Gasteiger partial charge in [0.2, 0.25) is 0 Å². The summed E-state index contributed by atoms with van der Waals surface area (Å²) >= 11 is 0. The molecule has 33 heavy (non-hydrogen) atoms. The average Bonchev–Trinajstić information content (AvgIpc) is 2.72. The molecule has 3 heteroatoms. The van der Waals surface area contributed by atoms with Crippen molar-refractivity contribution < 1.29 is 15.0 Å². The molecule has 4 fully saturated rings. The molecule has 10 unspecified atom stereocenters. The van der Waals surface area contributed by atoms with E-state index in [1.165, 1.54) is 25.7 Å². The molecular weight excluding hydrogens is 408 g/mol. The van der Waals surface area contributed by atoms with Crippen molar-refractivity contribution in [2.45, 2.75) is 112 Å². The number of hydrogen-bond acceptors (Lipinski definition) is 2. The average molecular weight is 457 g/mol. The topological polar surface area (TPSA) is 57.5 Å². The number of carboxylic acids is 1. The van der Waals surface area contributed by atoms with Crippen LogP contribution in [-0.4, -0.2) is 22.3 Å². The van der Waals surface area contributed by atoms with E-state index in [-0.39, 0.29) is 27.8 Å². The molecule has 5 rings (SSSR count). The second-order valence-corrected chi connectivity index (χ2v) is 14.7. The van der Waals surface area contributed by atoms with Crippen LogP contribution in [0.2, 0.25) is 0 Å². The van der Waals surface area contributed by atoms with Crippen molar-refractivity contribution in [3.8, 4) is 0 Å². The lowest BCUT2D eigenvalue weighted by molar-refractivity contribution is -0.183. The van der Waals surface area contributed by atoms with Crippen molar-refractivity contribution in [3.05, 3.63) is 11.6 Å². The Bertz CT molecular complexity index is 874. The predicted molar refractivity (Wildman–Crippen MR) is 133 cm³/mol. The van der Waals surface area contributed by atoms with Crippen LogP contribution in [-0.2, 0) is 4.79 Å². The van der Waals surface area contributed by atoms with Crippen LogP contribution < -0.4 is 0 Å². The molecule has 5 aliphatic carbocycles. The summed E-state index contributed by atoms with van der Waals surface area (Å²) in [5.41, 5.74) is 1.72. The molecule has 0 amide bonds. The minimum atomic E-state index is -0.593. The van der Waals surface area contributed by atoms with Gasteiger partial charge in [0.25, 0.3) is 0 Å². The summed E-state index contributed by atoms with van der Waals surface area (Å²) in [5, 5.41) is 20.9. The molecule has 0 aliphatic heterocycles. The van der Waals surface area contributed by atoms with E-state index in [1.54, 1.807) is 5.57 Å². The van der Waals surface area contributed by atoms with Crippen LogP contribution in [0.25, 0.3) is 0 Å². The van der Waals surface area contributed by atoms with E-state index < -0.39 is 11.4 Å². The third kappa shape index (κ3) is 2.99. The van der Waals surface area contributed by atoms with Crippen LogP contribution in [0, 0.1) is 56.7 Å². The zero-order chi connectivity index (χ0) is 24.2. The standard InChI is InChI=1S/C30H48O3/c1-18-16-23-28(5,20-17-27(4,25(32)33)12-8-19(18)20)13-10-22-29(6)15-11-24(31)26(2,3)21(29)9-14-30(22,23)7/h16,18-22,24,31H,8-15,17H2,1-7H3,(H,32,33). The van der Waals surface area contributed by atoms with Gasteiger partial charge in [-0.15, -0.1) is 0 Å². The van der Waals surface area contributed by atoms with Crippen molar-refractivity contribution in [1.82, 2.24) is 0 Å². The number of carboxylic acid groups (broad SMARTS) is 1. The maximum Gasteiger partial charge on any atom is 0.309 e. The molecule has 0 aromatic heterocycles. The Kier molecular flexibility index (Phi) is 5.15. The molecule has 0 bridgehead atoms. The summed E-state index contributed by atoms with van der Waals surface area (Å²) < 4.78 is 0. The highest BCUT2D eigenvalue weighted by Gasteiger charge is 2.66. The number of hydrogen-bond donors (Lipinski definition) is 2. The minimum Gasteiger partial charge on any atom is -0.481 e. The number of aliphatic hydroxyl groups is 1. The van der Waals surface area contributed by atoms with Gasteiger partial charge in [0.05, 0.1) is 11.5 Å². The number of fused-ring (bicyclic) bond motifs is 7. The second-order valence-electron chi connectivity index (χ2n) is 14.7. The van der Waals surface area contributed by atoms with Gasteiger partial charge in [0.1, 0.15) is 0 Å². The van der Waals surface area contributed by atoms with Gasteiger partial charge in [-0.05, 0) is 116 Å². The Hall–Kier alpha value is -0.830. The SMILES string of the molecule is CC1C=C2C(C)(CCC3C2(C)CCC2C(C)(C)C(O)CCC32C)C2CC(C)(C(=O)O)CCC12. The summed E-state index contributed by atoms with van der Waals surface area (Å²) in [6.07, 6.45) is 12.2. The molecule has 10 atom stereocenters. The van der Waals surface area contributed by atoms with Crippen LogP contribution in [0.3, 0.4) is 0 Å². The fourth-order valence-electron chi connectivity index (χ4n) is 10.8. The second kappa shape index (κ2) is 7.11. The van der Waals surface area contributed by atoms with Crippen molar-refractivity contribution in [2.75, 3.05) is 0 Å². The number of allylic oxidation sites excluding steroid dienone is 2. The lowest BCUT2D eigenvalue weighted by atomic mass is 9.35. The van der Waals surface area contributed by atoms with Gasteiger partial charge in [-0.3, -0.25) is 4.79 Å². The zero-order valence-corrected chi connectivity index (χ0v) is 22.2. The Labute approximate surface area is 201 Å². The fraction of sp³-hybridized carbons (Fsp3) is 0.900. The van der Waals surface area contributed by atoms with Gasteiger partial charge >= 0.3 is 5.97 Å². The van der Waals surface area contributed by atoms with Gasteiger partial charge in [-0.2, -0.15) is 0 Å². The molecule has 2 N–H and O–H groups in total. The van der Waals surface area contributed by atoms with Gasteiger partial charge in [-0.25, -0.2) is 0 Å². The molecule has 0 radical (unpaired) electrons. The van der Waals surface area contributed by atoms with Crippen LogP contribution in [0.4, 0.5) is 0 Å². The Morgan fingerprint density at radius 2 is 1.52 bits per heavy atom. The van der Waals surface area contributed by atoms with E-state index in [0.29, 0.717) is 29.6 Å². The number of aliphatic hydroxyl groups excluding tert-OH is 1. The van der Waals surface area contributed by atoms with E-state index in [2.05, 4.69) is 47.6 Å². The van der Waals surface area contributed by atoms with Gasteiger partial charge in [-0.1, -0.05) is 53.2 Å². The van der Waals surface area contributed by atoms with Crippen molar-refractivity contribution >= 4 is 5.97 Å². The highest BCUT2D eigenvalue weighted by atomic mass is 16.4. The molecule has 0 saturated heterocycles. The van der Waals surface area contributed by atoms with E-state index in [0.717, 1.165) is 32.1 Å². The van der Waals surface area contributed by atoms with Crippen molar-refractivity contribution in [2.24, 2.45) is 56.7 Å².